The van der Waals surface area contributed by atoms with Crippen LogP contribution in [0.3, 0.4) is 0 Å². The molecule has 2 unspecified atom stereocenters. The Morgan fingerprint density at radius 3 is 2.69 bits per heavy atom. The number of carbonyl (C=O) groups is 1. The van der Waals surface area contributed by atoms with Crippen LogP contribution < -0.4 is 0 Å². The number of hydrogen-bond acceptors (Lipinski definition) is 1. The van der Waals surface area contributed by atoms with Crippen LogP contribution in [-0.2, 0) is 4.79 Å². The van der Waals surface area contributed by atoms with E-state index < -0.39 is 5.97 Å². The number of carboxylic acids is 1. The van der Waals surface area contributed by atoms with Crippen molar-refractivity contribution in [1.29, 1.82) is 0 Å². The fourth-order valence-electron chi connectivity index (χ4n) is 3.12. The lowest BCUT2D eigenvalue weighted by Crippen LogP contribution is -2.23. The molecule has 0 amide bonds. The molecule has 2 aliphatic carbocycles. The molecule has 0 heterocycles. The highest BCUT2D eigenvalue weighted by Crippen LogP contribution is 2.58. The van der Waals surface area contributed by atoms with Crippen LogP contribution in [0.25, 0.3) is 0 Å². The van der Waals surface area contributed by atoms with Crippen molar-refractivity contribution >= 4 is 5.97 Å². The first-order chi connectivity index (χ1) is 6.01. The smallest absolute Gasteiger partial charge is 0.328 e. The molecule has 2 heteroatoms. The van der Waals surface area contributed by atoms with Gasteiger partial charge in [0.25, 0.3) is 0 Å². The summed E-state index contributed by atoms with van der Waals surface area (Å²) in [5.41, 5.74) is 1.32. The second kappa shape index (κ2) is 2.60. The van der Waals surface area contributed by atoms with E-state index in [4.69, 9.17) is 5.11 Å². The predicted molar refractivity (Wildman–Crippen MR) is 50.3 cm³/mol. The third-order valence-electron chi connectivity index (χ3n) is 3.92. The summed E-state index contributed by atoms with van der Waals surface area (Å²) in [7, 11) is 0. The number of allylic oxidation sites excluding steroid dienone is 1. The molecular weight excluding hydrogens is 164 g/mol. The zero-order chi connectivity index (χ0) is 9.64. The number of rotatable bonds is 1. The number of fused-ring (bicyclic) bond motifs is 2. The Hall–Kier alpha value is -0.790. The van der Waals surface area contributed by atoms with Crippen molar-refractivity contribution in [3.8, 4) is 0 Å². The van der Waals surface area contributed by atoms with Crippen LogP contribution >= 0.6 is 0 Å². The SMILES string of the molecule is CC1(C)C(=CC(=O)O)C2CCC1C2. The minimum absolute atomic E-state index is 0.140. The molecule has 0 aromatic heterocycles. The molecule has 2 aliphatic rings. The molecular formula is C11H16O2. The van der Waals surface area contributed by atoms with E-state index in [1.807, 2.05) is 0 Å². The third-order valence-corrected chi connectivity index (χ3v) is 3.92. The molecule has 0 aromatic carbocycles. The van der Waals surface area contributed by atoms with Crippen LogP contribution in [0.5, 0.6) is 0 Å². The van der Waals surface area contributed by atoms with Gasteiger partial charge in [-0.2, -0.15) is 0 Å². The van der Waals surface area contributed by atoms with Crippen LogP contribution in [-0.4, -0.2) is 11.1 Å². The minimum atomic E-state index is -0.782. The first-order valence-electron chi connectivity index (χ1n) is 4.97. The maximum absolute atomic E-state index is 10.6. The summed E-state index contributed by atoms with van der Waals surface area (Å²) in [5, 5.41) is 8.76. The summed E-state index contributed by atoms with van der Waals surface area (Å²) in [4.78, 5) is 10.6. The highest BCUT2D eigenvalue weighted by molar-refractivity contribution is 5.81. The molecule has 0 radical (unpaired) electrons. The second-order valence-corrected chi connectivity index (χ2v) is 4.87. The van der Waals surface area contributed by atoms with Gasteiger partial charge in [-0.1, -0.05) is 19.4 Å². The maximum Gasteiger partial charge on any atom is 0.328 e. The average Bonchev–Trinajstić information content (AvgIpc) is 2.53. The summed E-state index contributed by atoms with van der Waals surface area (Å²) in [6.45, 7) is 4.37. The summed E-state index contributed by atoms with van der Waals surface area (Å²) in [6, 6.07) is 0. The van der Waals surface area contributed by atoms with E-state index in [0.29, 0.717) is 5.92 Å². The van der Waals surface area contributed by atoms with Gasteiger partial charge in [-0.25, -0.2) is 4.79 Å². The standard InChI is InChI=1S/C11H16O2/c1-11(2)8-4-3-7(5-8)9(11)6-10(12)13/h6-8H,3-5H2,1-2H3,(H,12,13). The van der Waals surface area contributed by atoms with E-state index in [9.17, 15) is 4.79 Å². The van der Waals surface area contributed by atoms with E-state index >= 15 is 0 Å². The van der Waals surface area contributed by atoms with E-state index in [1.165, 1.54) is 30.9 Å². The number of carboxylic acid groups (broad SMARTS) is 1. The average molecular weight is 180 g/mol. The van der Waals surface area contributed by atoms with Crippen molar-refractivity contribution in [2.75, 3.05) is 0 Å². The van der Waals surface area contributed by atoms with Gasteiger partial charge in [0.05, 0.1) is 0 Å². The Morgan fingerprint density at radius 1 is 1.54 bits per heavy atom. The fraction of sp³-hybridized carbons (Fsp3) is 0.727. The molecule has 0 aromatic rings. The zero-order valence-electron chi connectivity index (χ0n) is 8.21. The molecule has 2 fully saturated rings. The number of hydrogen-bond donors (Lipinski definition) is 1. The Bertz CT molecular complexity index is 276. The van der Waals surface area contributed by atoms with Gasteiger partial charge in [-0.15, -0.1) is 0 Å². The first-order valence-corrected chi connectivity index (χ1v) is 4.97. The molecule has 0 spiro atoms. The molecule has 1 N–H and O–H groups in total. The monoisotopic (exact) mass is 180 g/mol. The Labute approximate surface area is 78.6 Å². The first kappa shape index (κ1) is 8.79. The van der Waals surface area contributed by atoms with Gasteiger partial charge in [-0.05, 0) is 36.5 Å². The van der Waals surface area contributed by atoms with Crippen LogP contribution in [0.15, 0.2) is 11.6 Å². The molecule has 2 bridgehead atoms. The molecule has 13 heavy (non-hydrogen) atoms. The molecule has 2 nitrogen and oxygen atoms in total. The van der Waals surface area contributed by atoms with Gasteiger partial charge >= 0.3 is 5.97 Å². The van der Waals surface area contributed by atoms with E-state index in [1.54, 1.807) is 0 Å². The van der Waals surface area contributed by atoms with Gasteiger partial charge in [0.2, 0.25) is 0 Å². The number of aliphatic carboxylic acids is 1. The van der Waals surface area contributed by atoms with Crippen LogP contribution in [0, 0.1) is 17.3 Å². The van der Waals surface area contributed by atoms with Crippen molar-refractivity contribution in [2.24, 2.45) is 17.3 Å². The Morgan fingerprint density at radius 2 is 2.23 bits per heavy atom. The molecule has 2 atom stereocenters. The lowest BCUT2D eigenvalue weighted by Gasteiger charge is -2.32. The van der Waals surface area contributed by atoms with Crippen LogP contribution in [0.2, 0.25) is 0 Å². The van der Waals surface area contributed by atoms with Gasteiger partial charge in [0, 0.05) is 6.08 Å². The highest BCUT2D eigenvalue weighted by Gasteiger charge is 2.48. The largest absolute Gasteiger partial charge is 0.478 e. The van der Waals surface area contributed by atoms with E-state index in [2.05, 4.69) is 13.8 Å². The lowest BCUT2D eigenvalue weighted by atomic mass is 9.73. The van der Waals surface area contributed by atoms with Gasteiger partial charge in [-0.3, -0.25) is 0 Å². The molecule has 2 rings (SSSR count). The van der Waals surface area contributed by atoms with Crippen LogP contribution in [0.4, 0.5) is 0 Å². The molecule has 0 saturated heterocycles. The maximum atomic E-state index is 10.6. The van der Waals surface area contributed by atoms with E-state index in [0.717, 1.165) is 5.92 Å². The summed E-state index contributed by atoms with van der Waals surface area (Å²) in [5.74, 6) is 0.509. The summed E-state index contributed by atoms with van der Waals surface area (Å²) >= 11 is 0. The Kier molecular flexibility index (Phi) is 1.76. The summed E-state index contributed by atoms with van der Waals surface area (Å²) in [6.07, 6.45) is 5.15. The van der Waals surface area contributed by atoms with Gasteiger partial charge in [0.1, 0.15) is 0 Å². The summed E-state index contributed by atoms with van der Waals surface area (Å²) < 4.78 is 0. The highest BCUT2D eigenvalue weighted by atomic mass is 16.4. The third kappa shape index (κ3) is 1.19. The quantitative estimate of drug-likeness (QED) is 0.629. The van der Waals surface area contributed by atoms with Crippen molar-refractivity contribution in [1.82, 2.24) is 0 Å². The molecule has 2 saturated carbocycles. The van der Waals surface area contributed by atoms with Crippen molar-refractivity contribution in [2.45, 2.75) is 33.1 Å². The topological polar surface area (TPSA) is 37.3 Å². The zero-order valence-corrected chi connectivity index (χ0v) is 8.21. The van der Waals surface area contributed by atoms with Crippen molar-refractivity contribution in [3.63, 3.8) is 0 Å². The second-order valence-electron chi connectivity index (χ2n) is 4.87. The normalized spacial score (nSPS) is 38.5. The van der Waals surface area contributed by atoms with Gasteiger partial charge < -0.3 is 5.11 Å². The van der Waals surface area contributed by atoms with Crippen molar-refractivity contribution < 1.29 is 9.90 Å². The minimum Gasteiger partial charge on any atom is -0.478 e. The molecule has 0 aliphatic heterocycles. The van der Waals surface area contributed by atoms with Crippen molar-refractivity contribution in [3.05, 3.63) is 11.6 Å². The fourth-order valence-corrected chi connectivity index (χ4v) is 3.12. The molecule has 72 valence electrons. The lowest BCUT2D eigenvalue weighted by molar-refractivity contribution is -0.131. The van der Waals surface area contributed by atoms with Crippen LogP contribution in [0.1, 0.15) is 33.1 Å². The Balaban J connectivity index is 2.34. The van der Waals surface area contributed by atoms with E-state index in [-0.39, 0.29) is 5.41 Å². The predicted octanol–water partition coefficient (Wildman–Crippen LogP) is 2.45. The van der Waals surface area contributed by atoms with Gasteiger partial charge in [0.15, 0.2) is 0 Å².